The van der Waals surface area contributed by atoms with Crippen LogP contribution in [0.1, 0.15) is 16.8 Å². The van der Waals surface area contributed by atoms with Crippen molar-refractivity contribution in [2.24, 2.45) is 0 Å². The van der Waals surface area contributed by atoms with E-state index in [9.17, 15) is 14.7 Å². The van der Waals surface area contributed by atoms with Crippen molar-refractivity contribution in [2.45, 2.75) is 6.42 Å². The molecule has 110 valence electrons. The first kappa shape index (κ1) is 14.8. The normalized spacial score (nSPS) is 10.4. The van der Waals surface area contributed by atoms with Crippen molar-refractivity contribution in [3.8, 4) is 0 Å². The first-order valence-electron chi connectivity index (χ1n) is 6.57. The highest BCUT2D eigenvalue weighted by molar-refractivity contribution is 6.06. The summed E-state index contributed by atoms with van der Waals surface area (Å²) in [6.07, 6.45) is 1.71. The Bertz CT molecular complexity index is 685. The van der Waals surface area contributed by atoms with E-state index in [4.69, 9.17) is 0 Å². The van der Waals surface area contributed by atoms with Gasteiger partial charge in [0.15, 0.2) is 0 Å². The van der Waals surface area contributed by atoms with Gasteiger partial charge in [-0.1, -0.05) is 24.3 Å². The maximum Gasteiger partial charge on any atom is 0.337 e. The lowest BCUT2D eigenvalue weighted by atomic mass is 10.1. The van der Waals surface area contributed by atoms with Crippen LogP contribution in [0.4, 0.5) is 5.82 Å². The second-order valence-electron chi connectivity index (χ2n) is 4.69. The van der Waals surface area contributed by atoms with E-state index in [0.717, 1.165) is 5.39 Å². The number of pyridine rings is 1. The van der Waals surface area contributed by atoms with Crippen molar-refractivity contribution in [1.29, 1.82) is 0 Å². The Labute approximate surface area is 122 Å². The monoisotopic (exact) mass is 287 g/mol. The molecule has 2 N–H and O–H groups in total. The fraction of sp³-hybridized carbons (Fsp3) is 0.267. The lowest BCUT2D eigenvalue weighted by Crippen LogP contribution is -2.27. The molecular weight excluding hydrogens is 270 g/mol. The number of carboxylic acids is 1. The summed E-state index contributed by atoms with van der Waals surface area (Å²) in [5.74, 6) is -0.383. The van der Waals surface area contributed by atoms with Gasteiger partial charge in [-0.2, -0.15) is 0 Å². The van der Waals surface area contributed by atoms with Crippen LogP contribution in [0.25, 0.3) is 10.8 Å². The second-order valence-corrected chi connectivity index (χ2v) is 4.69. The van der Waals surface area contributed by atoms with Crippen molar-refractivity contribution in [1.82, 2.24) is 10.3 Å². The van der Waals surface area contributed by atoms with E-state index in [-0.39, 0.29) is 11.5 Å². The van der Waals surface area contributed by atoms with Crippen LogP contribution in [0, 0.1) is 0 Å². The summed E-state index contributed by atoms with van der Waals surface area (Å²) >= 11 is 0. The number of aromatic carboxylic acids is 1. The number of fused-ring (bicyclic) bond motifs is 1. The Kier molecular flexibility index (Phi) is 4.37. The number of anilines is 1. The minimum atomic E-state index is -1.00. The summed E-state index contributed by atoms with van der Waals surface area (Å²) in [7, 11) is 3.43. The van der Waals surface area contributed by atoms with Crippen molar-refractivity contribution in [3.63, 3.8) is 0 Å². The van der Waals surface area contributed by atoms with Gasteiger partial charge in [0.2, 0.25) is 5.91 Å². The number of aromatic nitrogens is 1. The van der Waals surface area contributed by atoms with Crippen LogP contribution < -0.4 is 10.2 Å². The van der Waals surface area contributed by atoms with Gasteiger partial charge in [0.05, 0.1) is 5.56 Å². The highest BCUT2D eigenvalue weighted by Gasteiger charge is 2.14. The van der Waals surface area contributed by atoms with Gasteiger partial charge in [-0.3, -0.25) is 4.79 Å². The van der Waals surface area contributed by atoms with E-state index in [1.165, 1.54) is 6.20 Å². The van der Waals surface area contributed by atoms with E-state index < -0.39 is 5.97 Å². The molecule has 0 spiro atoms. The van der Waals surface area contributed by atoms with E-state index in [0.29, 0.717) is 24.2 Å². The van der Waals surface area contributed by atoms with Crippen LogP contribution in [0.3, 0.4) is 0 Å². The molecule has 0 radical (unpaired) electrons. The minimum absolute atomic E-state index is 0.0479. The standard InChI is InChI=1S/C15H17N3O3/c1-16-13(19)7-8-18(2)14-11-6-4-3-5-10(11)12(9-17-14)15(20)21/h3-6,9H,7-8H2,1-2H3,(H,16,19)(H,20,21). The lowest BCUT2D eigenvalue weighted by molar-refractivity contribution is -0.120. The number of carbonyl (C=O) groups excluding carboxylic acids is 1. The molecule has 2 rings (SSSR count). The molecule has 0 aliphatic heterocycles. The molecule has 0 aliphatic rings. The molecule has 0 saturated carbocycles. The van der Waals surface area contributed by atoms with Crippen LogP contribution in [0.2, 0.25) is 0 Å². The maximum absolute atomic E-state index is 11.3. The molecule has 0 fully saturated rings. The van der Waals surface area contributed by atoms with E-state index >= 15 is 0 Å². The summed E-state index contributed by atoms with van der Waals surface area (Å²) in [6, 6.07) is 7.23. The van der Waals surface area contributed by atoms with Gasteiger partial charge in [0, 0.05) is 44.0 Å². The van der Waals surface area contributed by atoms with Crippen LogP contribution in [0.15, 0.2) is 30.5 Å². The van der Waals surface area contributed by atoms with Gasteiger partial charge in [-0.15, -0.1) is 0 Å². The summed E-state index contributed by atoms with van der Waals surface area (Å²) in [5, 5.41) is 13.2. The third-order valence-corrected chi connectivity index (χ3v) is 3.32. The van der Waals surface area contributed by atoms with Gasteiger partial charge < -0.3 is 15.3 Å². The fourth-order valence-corrected chi connectivity index (χ4v) is 2.15. The Morgan fingerprint density at radius 2 is 1.95 bits per heavy atom. The second kappa shape index (κ2) is 6.21. The van der Waals surface area contributed by atoms with Gasteiger partial charge in [-0.05, 0) is 0 Å². The molecule has 1 amide bonds. The zero-order chi connectivity index (χ0) is 15.4. The molecule has 6 nitrogen and oxygen atoms in total. The molecule has 0 aliphatic carbocycles. The zero-order valence-corrected chi connectivity index (χ0v) is 12.0. The number of rotatable bonds is 5. The van der Waals surface area contributed by atoms with Crippen LogP contribution in [-0.4, -0.2) is 42.6 Å². The number of nitrogens with zero attached hydrogens (tertiary/aromatic N) is 2. The number of carbonyl (C=O) groups is 2. The molecule has 0 atom stereocenters. The van der Waals surface area contributed by atoms with Crippen LogP contribution in [0.5, 0.6) is 0 Å². The molecule has 2 aromatic rings. The smallest absolute Gasteiger partial charge is 0.337 e. The van der Waals surface area contributed by atoms with Crippen molar-refractivity contribution >= 4 is 28.5 Å². The quantitative estimate of drug-likeness (QED) is 0.871. The van der Waals surface area contributed by atoms with Crippen molar-refractivity contribution in [2.75, 3.05) is 25.5 Å². The summed E-state index contributed by atoms with van der Waals surface area (Å²) < 4.78 is 0. The van der Waals surface area contributed by atoms with Crippen molar-refractivity contribution in [3.05, 3.63) is 36.0 Å². The Morgan fingerprint density at radius 3 is 2.57 bits per heavy atom. The number of nitrogens with one attached hydrogen (secondary N) is 1. The third-order valence-electron chi connectivity index (χ3n) is 3.32. The topological polar surface area (TPSA) is 82.5 Å². The van der Waals surface area contributed by atoms with Crippen LogP contribution in [-0.2, 0) is 4.79 Å². The van der Waals surface area contributed by atoms with Crippen molar-refractivity contribution < 1.29 is 14.7 Å². The molecule has 0 unspecified atom stereocenters. The number of amides is 1. The third kappa shape index (κ3) is 3.10. The molecule has 1 aromatic heterocycles. The van der Waals surface area contributed by atoms with E-state index in [2.05, 4.69) is 10.3 Å². The van der Waals surface area contributed by atoms with Gasteiger partial charge in [0.25, 0.3) is 0 Å². The maximum atomic E-state index is 11.3. The molecule has 1 aromatic carbocycles. The summed E-state index contributed by atoms with van der Waals surface area (Å²) in [4.78, 5) is 28.7. The average molecular weight is 287 g/mol. The summed E-state index contributed by atoms with van der Waals surface area (Å²) in [5.41, 5.74) is 0.175. The molecule has 6 heteroatoms. The fourth-order valence-electron chi connectivity index (χ4n) is 2.15. The number of benzene rings is 1. The Hall–Kier alpha value is -2.63. The average Bonchev–Trinajstić information content (AvgIpc) is 2.50. The molecular formula is C15H17N3O3. The van der Waals surface area contributed by atoms with Crippen LogP contribution >= 0.6 is 0 Å². The van der Waals surface area contributed by atoms with E-state index in [1.807, 2.05) is 24.1 Å². The summed E-state index contributed by atoms with van der Waals surface area (Å²) in [6.45, 7) is 0.503. The largest absolute Gasteiger partial charge is 0.478 e. The highest BCUT2D eigenvalue weighted by Crippen LogP contribution is 2.26. The molecule has 0 bridgehead atoms. The first-order chi connectivity index (χ1) is 10.0. The minimum Gasteiger partial charge on any atom is -0.478 e. The SMILES string of the molecule is CNC(=O)CCN(C)c1ncc(C(=O)O)c2ccccc12. The molecule has 0 saturated heterocycles. The molecule has 1 heterocycles. The van der Waals surface area contributed by atoms with Gasteiger partial charge in [-0.25, -0.2) is 9.78 Å². The molecule has 21 heavy (non-hydrogen) atoms. The first-order valence-corrected chi connectivity index (χ1v) is 6.57. The highest BCUT2D eigenvalue weighted by atomic mass is 16.4. The predicted molar refractivity (Wildman–Crippen MR) is 80.7 cm³/mol. The number of hydrogen-bond donors (Lipinski definition) is 2. The number of carboxylic acid groups (broad SMARTS) is 1. The van der Waals surface area contributed by atoms with E-state index in [1.54, 1.807) is 19.2 Å². The van der Waals surface area contributed by atoms with Gasteiger partial charge >= 0.3 is 5.97 Å². The Balaban J connectivity index is 2.39. The lowest BCUT2D eigenvalue weighted by Gasteiger charge is -2.20. The van der Waals surface area contributed by atoms with Gasteiger partial charge in [0.1, 0.15) is 5.82 Å². The number of hydrogen-bond acceptors (Lipinski definition) is 4. The Morgan fingerprint density at radius 1 is 1.29 bits per heavy atom. The zero-order valence-electron chi connectivity index (χ0n) is 12.0. The predicted octanol–water partition coefficient (Wildman–Crippen LogP) is 1.51.